The first-order chi connectivity index (χ1) is 12.0. The summed E-state index contributed by atoms with van der Waals surface area (Å²) in [6.07, 6.45) is 1.60. The molecule has 3 rings (SSSR count). The van der Waals surface area contributed by atoms with Crippen molar-refractivity contribution in [3.8, 4) is 0 Å². The van der Waals surface area contributed by atoms with Gasteiger partial charge >= 0.3 is 0 Å². The third-order valence-electron chi connectivity index (χ3n) is 4.35. The van der Waals surface area contributed by atoms with Gasteiger partial charge in [-0.1, -0.05) is 42.5 Å². The van der Waals surface area contributed by atoms with Crippen molar-refractivity contribution in [1.82, 2.24) is 0 Å². The Morgan fingerprint density at radius 3 is 2.36 bits per heavy atom. The highest BCUT2D eigenvalue weighted by Gasteiger charge is 2.20. The van der Waals surface area contributed by atoms with E-state index < -0.39 is 10.0 Å². The molecule has 6 heteroatoms. The van der Waals surface area contributed by atoms with Crippen LogP contribution < -0.4 is 14.5 Å². The lowest BCUT2D eigenvalue weighted by Crippen LogP contribution is -3.12. The molecule has 0 amide bonds. The molecule has 2 aromatic rings. The fraction of sp³-hybridized carbons (Fsp3) is 0.263. The Balaban J connectivity index is 1.77. The summed E-state index contributed by atoms with van der Waals surface area (Å²) in [4.78, 5) is 3.74. The van der Waals surface area contributed by atoms with E-state index in [1.807, 2.05) is 54.6 Å². The van der Waals surface area contributed by atoms with Crippen molar-refractivity contribution in [3.05, 3.63) is 65.6 Å². The molecular formula is C19H24N3O2S+. The van der Waals surface area contributed by atoms with Crippen molar-refractivity contribution in [2.75, 3.05) is 42.8 Å². The highest BCUT2D eigenvalue weighted by molar-refractivity contribution is 7.95. The van der Waals surface area contributed by atoms with Crippen LogP contribution in [-0.4, -0.2) is 41.6 Å². The maximum Gasteiger partial charge on any atom is 0.255 e. The zero-order chi connectivity index (χ0) is 17.7. The molecule has 1 aliphatic rings. The first-order valence-corrected chi connectivity index (χ1v) is 9.99. The lowest BCUT2D eigenvalue weighted by atomic mass is 10.2. The second-order valence-corrected chi connectivity index (χ2v) is 7.89. The fourth-order valence-electron chi connectivity index (χ4n) is 2.88. The fourth-order valence-corrected chi connectivity index (χ4v) is 3.77. The molecule has 25 heavy (non-hydrogen) atoms. The van der Waals surface area contributed by atoms with Crippen LogP contribution in [0.2, 0.25) is 0 Å². The van der Waals surface area contributed by atoms with E-state index in [2.05, 4.69) is 16.7 Å². The Kier molecular flexibility index (Phi) is 5.40. The van der Waals surface area contributed by atoms with Crippen LogP contribution in [0.15, 0.2) is 60.0 Å². The van der Waals surface area contributed by atoms with E-state index in [4.69, 9.17) is 0 Å². The first-order valence-electron chi connectivity index (χ1n) is 8.45. The predicted molar refractivity (Wildman–Crippen MR) is 103 cm³/mol. The van der Waals surface area contributed by atoms with Crippen LogP contribution in [0.25, 0.3) is 6.08 Å². The molecule has 0 radical (unpaired) electrons. The molecule has 1 aliphatic heterocycles. The molecule has 0 aromatic heterocycles. The Hall–Kier alpha value is -2.31. The highest BCUT2D eigenvalue weighted by Crippen LogP contribution is 2.26. The van der Waals surface area contributed by atoms with E-state index >= 15 is 0 Å². The summed E-state index contributed by atoms with van der Waals surface area (Å²) in [6.45, 7) is 3.94. The van der Waals surface area contributed by atoms with Crippen LogP contribution in [0.5, 0.6) is 0 Å². The van der Waals surface area contributed by atoms with E-state index in [0.717, 1.165) is 37.4 Å². The number of nitrogens with zero attached hydrogens (tertiary/aromatic N) is 1. The Labute approximate surface area is 149 Å². The quantitative estimate of drug-likeness (QED) is 0.850. The number of hydrogen-bond donors (Lipinski definition) is 2. The van der Waals surface area contributed by atoms with E-state index in [-0.39, 0.29) is 0 Å². The number of rotatable bonds is 5. The van der Waals surface area contributed by atoms with Gasteiger partial charge in [0.25, 0.3) is 10.0 Å². The van der Waals surface area contributed by atoms with Gasteiger partial charge in [0.15, 0.2) is 0 Å². The minimum atomic E-state index is -3.57. The number of benzene rings is 2. The van der Waals surface area contributed by atoms with E-state index in [1.54, 1.807) is 6.08 Å². The number of piperazine rings is 1. The molecule has 132 valence electrons. The summed E-state index contributed by atoms with van der Waals surface area (Å²) in [6, 6.07) is 17.0. The van der Waals surface area contributed by atoms with Crippen molar-refractivity contribution in [2.45, 2.75) is 0 Å². The monoisotopic (exact) mass is 358 g/mol. The number of hydrogen-bond acceptors (Lipinski definition) is 3. The Morgan fingerprint density at radius 2 is 1.64 bits per heavy atom. The third kappa shape index (κ3) is 4.84. The third-order valence-corrected chi connectivity index (χ3v) is 5.35. The zero-order valence-electron chi connectivity index (χ0n) is 14.4. The minimum absolute atomic E-state index is 0.625. The van der Waals surface area contributed by atoms with Crippen molar-refractivity contribution in [1.29, 1.82) is 0 Å². The normalized spacial score (nSPS) is 16.3. The van der Waals surface area contributed by atoms with Crippen molar-refractivity contribution < 1.29 is 13.3 Å². The second-order valence-electron chi connectivity index (χ2n) is 6.32. The molecule has 1 saturated heterocycles. The van der Waals surface area contributed by atoms with Gasteiger partial charge in [-0.05, 0) is 23.8 Å². The van der Waals surface area contributed by atoms with Gasteiger partial charge in [0.2, 0.25) is 0 Å². The van der Waals surface area contributed by atoms with Gasteiger partial charge in [-0.15, -0.1) is 0 Å². The van der Waals surface area contributed by atoms with Crippen LogP contribution in [0.1, 0.15) is 5.56 Å². The summed E-state index contributed by atoms with van der Waals surface area (Å²) in [5, 5.41) is 1.22. The zero-order valence-corrected chi connectivity index (χ0v) is 15.2. The van der Waals surface area contributed by atoms with E-state index in [9.17, 15) is 8.42 Å². The van der Waals surface area contributed by atoms with Crippen LogP contribution in [0, 0.1) is 0 Å². The van der Waals surface area contributed by atoms with Gasteiger partial charge in [-0.3, -0.25) is 4.72 Å². The smallest absolute Gasteiger partial charge is 0.255 e. The molecule has 5 nitrogen and oxygen atoms in total. The standard InChI is InChI=1S/C19H23N3O2S/c1-21-12-14-22(15-13-21)19-10-6-5-9-18(19)20-25(23,24)16-11-17-7-3-2-4-8-17/h2-11,16,20H,12-15H2,1H3/p+1/b16-11+. The van der Waals surface area contributed by atoms with Gasteiger partial charge in [0.1, 0.15) is 0 Å². The molecule has 1 heterocycles. The number of quaternary nitrogens is 1. The molecule has 0 spiro atoms. The number of anilines is 2. The van der Waals surface area contributed by atoms with Gasteiger partial charge in [-0.2, -0.15) is 0 Å². The van der Waals surface area contributed by atoms with Crippen molar-refractivity contribution in [2.24, 2.45) is 0 Å². The second kappa shape index (κ2) is 7.72. The topological polar surface area (TPSA) is 53.9 Å². The summed E-state index contributed by atoms with van der Waals surface area (Å²) < 4.78 is 27.6. The maximum atomic E-state index is 12.4. The average molecular weight is 358 g/mol. The lowest BCUT2D eigenvalue weighted by molar-refractivity contribution is -0.880. The SMILES string of the molecule is C[NH+]1CCN(c2ccccc2NS(=O)(=O)/C=C/c2ccccc2)CC1. The summed E-state index contributed by atoms with van der Waals surface area (Å²) in [5.41, 5.74) is 2.41. The molecule has 0 bridgehead atoms. The van der Waals surface area contributed by atoms with Crippen LogP contribution >= 0.6 is 0 Å². The number of nitrogens with one attached hydrogen (secondary N) is 2. The number of likely N-dealkylation sites (N-methyl/N-ethyl adjacent to an activating group) is 1. The molecule has 0 aliphatic carbocycles. The summed E-state index contributed by atoms with van der Waals surface area (Å²) >= 11 is 0. The molecular weight excluding hydrogens is 334 g/mol. The van der Waals surface area contributed by atoms with Crippen LogP contribution in [0.4, 0.5) is 11.4 Å². The first kappa shape index (κ1) is 17.5. The van der Waals surface area contributed by atoms with Gasteiger partial charge in [-0.25, -0.2) is 8.42 Å². The van der Waals surface area contributed by atoms with Crippen LogP contribution in [0.3, 0.4) is 0 Å². The average Bonchev–Trinajstić information content (AvgIpc) is 2.62. The Morgan fingerprint density at radius 1 is 1.00 bits per heavy atom. The number of para-hydroxylation sites is 2. The van der Waals surface area contributed by atoms with Crippen LogP contribution in [-0.2, 0) is 10.0 Å². The molecule has 0 atom stereocenters. The van der Waals surface area contributed by atoms with E-state index in [0.29, 0.717) is 5.69 Å². The molecule has 0 saturated carbocycles. The van der Waals surface area contributed by atoms with Crippen molar-refractivity contribution in [3.63, 3.8) is 0 Å². The maximum absolute atomic E-state index is 12.4. The number of sulfonamides is 1. The molecule has 2 N–H and O–H groups in total. The molecule has 2 aromatic carbocycles. The van der Waals surface area contributed by atoms with Crippen molar-refractivity contribution >= 4 is 27.5 Å². The Bertz CT molecular complexity index is 827. The summed E-state index contributed by atoms with van der Waals surface area (Å²) in [5.74, 6) is 0. The molecule has 1 fully saturated rings. The highest BCUT2D eigenvalue weighted by atomic mass is 32.2. The summed E-state index contributed by atoms with van der Waals surface area (Å²) in [7, 11) is -1.39. The van der Waals surface area contributed by atoms with E-state index in [1.165, 1.54) is 10.3 Å². The van der Waals surface area contributed by atoms with Gasteiger partial charge < -0.3 is 9.80 Å². The minimum Gasteiger partial charge on any atom is -0.359 e. The van der Waals surface area contributed by atoms with Gasteiger partial charge in [0, 0.05) is 0 Å². The van der Waals surface area contributed by atoms with Gasteiger partial charge in [0.05, 0.1) is 50.0 Å². The lowest BCUT2D eigenvalue weighted by Gasteiger charge is -2.32. The molecule has 0 unspecified atom stereocenters. The predicted octanol–water partition coefficient (Wildman–Crippen LogP) is 1.43. The largest absolute Gasteiger partial charge is 0.359 e.